The number of carbonyl (C=O) groups is 1. The molecule has 0 saturated heterocycles. The molecule has 0 radical (unpaired) electrons. The van der Waals surface area contributed by atoms with Gasteiger partial charge in [-0.3, -0.25) is 4.79 Å². The van der Waals surface area contributed by atoms with Crippen molar-refractivity contribution in [3.05, 3.63) is 59.2 Å². The van der Waals surface area contributed by atoms with E-state index in [9.17, 15) is 4.79 Å². The minimum Gasteiger partial charge on any atom is -0.339 e. The van der Waals surface area contributed by atoms with Gasteiger partial charge in [0.1, 0.15) is 0 Å². The molecular formula is C18H17ClN6O. The minimum atomic E-state index is -0.112. The summed E-state index contributed by atoms with van der Waals surface area (Å²) in [7, 11) is 0. The first-order chi connectivity index (χ1) is 12.5. The quantitative estimate of drug-likeness (QED) is 0.622. The summed E-state index contributed by atoms with van der Waals surface area (Å²) in [6.07, 6.45) is 1.53. The summed E-state index contributed by atoms with van der Waals surface area (Å²) >= 11 is 5.97. The molecule has 0 fully saturated rings. The lowest BCUT2D eigenvalue weighted by Gasteiger charge is -2.10. The number of halogens is 1. The lowest BCUT2D eigenvalue weighted by molar-refractivity contribution is -0.114. The topological polar surface area (TPSA) is 91.8 Å². The third-order valence-electron chi connectivity index (χ3n) is 3.47. The van der Waals surface area contributed by atoms with Gasteiger partial charge < -0.3 is 16.0 Å². The third kappa shape index (κ3) is 4.67. The van der Waals surface area contributed by atoms with E-state index in [1.165, 1.54) is 13.1 Å². The normalized spacial score (nSPS) is 10.3. The van der Waals surface area contributed by atoms with Crippen molar-refractivity contribution in [3.63, 3.8) is 0 Å². The number of benzene rings is 2. The van der Waals surface area contributed by atoms with Crippen LogP contribution in [0.25, 0.3) is 0 Å². The zero-order valence-electron chi connectivity index (χ0n) is 14.2. The van der Waals surface area contributed by atoms with Gasteiger partial charge in [-0.15, -0.1) is 5.10 Å². The number of nitrogens with zero attached hydrogens (tertiary/aromatic N) is 3. The smallest absolute Gasteiger partial charge is 0.249 e. The van der Waals surface area contributed by atoms with Crippen LogP contribution < -0.4 is 16.0 Å². The highest BCUT2D eigenvalue weighted by atomic mass is 35.5. The Kier molecular flexibility index (Phi) is 5.28. The Morgan fingerprint density at radius 1 is 1.04 bits per heavy atom. The van der Waals surface area contributed by atoms with E-state index in [0.717, 1.165) is 22.6 Å². The SMILES string of the molecule is CC(=O)Nc1ccc(Nc2cnnc(Nc3ccc(Cl)cc3C)n2)cc1. The Labute approximate surface area is 155 Å². The number of aryl methyl sites for hydroxylation is 1. The molecule has 26 heavy (non-hydrogen) atoms. The highest BCUT2D eigenvalue weighted by Crippen LogP contribution is 2.23. The van der Waals surface area contributed by atoms with E-state index in [1.54, 1.807) is 18.2 Å². The molecule has 2 aromatic carbocycles. The fourth-order valence-corrected chi connectivity index (χ4v) is 2.52. The number of rotatable bonds is 5. The number of nitrogens with one attached hydrogen (secondary N) is 3. The van der Waals surface area contributed by atoms with Gasteiger partial charge in [0, 0.05) is 29.0 Å². The summed E-state index contributed by atoms with van der Waals surface area (Å²) in [5, 5.41) is 17.6. The molecule has 0 atom stereocenters. The highest BCUT2D eigenvalue weighted by molar-refractivity contribution is 6.30. The Hall–Kier alpha value is -3.19. The molecule has 0 unspecified atom stereocenters. The molecule has 3 aromatic rings. The molecule has 132 valence electrons. The van der Waals surface area contributed by atoms with Crippen LogP contribution in [0.5, 0.6) is 0 Å². The van der Waals surface area contributed by atoms with E-state index in [1.807, 2.05) is 31.2 Å². The van der Waals surface area contributed by atoms with Crippen LogP contribution in [0.2, 0.25) is 5.02 Å². The number of aromatic nitrogens is 3. The van der Waals surface area contributed by atoms with Gasteiger partial charge in [0.25, 0.3) is 0 Å². The number of hydrogen-bond acceptors (Lipinski definition) is 6. The van der Waals surface area contributed by atoms with Crippen molar-refractivity contribution < 1.29 is 4.79 Å². The van der Waals surface area contributed by atoms with Crippen molar-refractivity contribution in [1.29, 1.82) is 0 Å². The van der Waals surface area contributed by atoms with Gasteiger partial charge in [-0.1, -0.05) is 11.6 Å². The molecule has 0 aliphatic carbocycles. The summed E-state index contributed by atoms with van der Waals surface area (Å²) < 4.78 is 0. The monoisotopic (exact) mass is 368 g/mol. The fourth-order valence-electron chi connectivity index (χ4n) is 2.29. The molecular weight excluding hydrogens is 352 g/mol. The van der Waals surface area contributed by atoms with Crippen LogP contribution >= 0.6 is 11.6 Å². The van der Waals surface area contributed by atoms with Gasteiger partial charge in [0.05, 0.1) is 6.20 Å². The first-order valence-electron chi connectivity index (χ1n) is 7.87. The van der Waals surface area contributed by atoms with Crippen LogP contribution in [0.1, 0.15) is 12.5 Å². The van der Waals surface area contributed by atoms with Crippen molar-refractivity contribution in [2.45, 2.75) is 13.8 Å². The molecule has 1 aromatic heterocycles. The van der Waals surface area contributed by atoms with Gasteiger partial charge in [0.2, 0.25) is 11.9 Å². The zero-order chi connectivity index (χ0) is 18.5. The summed E-state index contributed by atoms with van der Waals surface area (Å²) in [5.74, 6) is 0.801. The summed E-state index contributed by atoms with van der Waals surface area (Å²) in [6, 6.07) is 12.8. The van der Waals surface area contributed by atoms with Crippen LogP contribution in [-0.2, 0) is 4.79 Å². The Morgan fingerprint density at radius 3 is 2.46 bits per heavy atom. The first kappa shape index (κ1) is 17.6. The Bertz CT molecular complexity index is 929. The molecule has 3 rings (SSSR count). The first-order valence-corrected chi connectivity index (χ1v) is 8.25. The molecule has 0 aliphatic rings. The molecule has 8 heteroatoms. The lowest BCUT2D eigenvalue weighted by Crippen LogP contribution is -2.05. The van der Waals surface area contributed by atoms with E-state index >= 15 is 0 Å². The summed E-state index contributed by atoms with van der Waals surface area (Å²) in [6.45, 7) is 3.41. The van der Waals surface area contributed by atoms with Crippen LogP contribution in [0, 0.1) is 6.92 Å². The maximum absolute atomic E-state index is 11.1. The standard InChI is InChI=1S/C18H17ClN6O/c1-11-9-13(19)3-8-16(11)23-18-24-17(10-20-25-18)22-15-6-4-14(5-7-15)21-12(2)26/h3-10H,1-2H3,(H,21,26)(H2,22,23,24,25). The van der Waals surface area contributed by atoms with E-state index in [0.29, 0.717) is 16.8 Å². The molecule has 1 amide bonds. The second kappa shape index (κ2) is 7.79. The van der Waals surface area contributed by atoms with Crippen molar-refractivity contribution in [2.24, 2.45) is 0 Å². The van der Waals surface area contributed by atoms with Gasteiger partial charge in [-0.2, -0.15) is 10.1 Å². The third-order valence-corrected chi connectivity index (χ3v) is 3.71. The van der Waals surface area contributed by atoms with Crippen molar-refractivity contribution >= 4 is 46.3 Å². The van der Waals surface area contributed by atoms with Crippen LogP contribution in [0.4, 0.5) is 28.8 Å². The zero-order valence-corrected chi connectivity index (χ0v) is 15.0. The fraction of sp³-hybridized carbons (Fsp3) is 0.111. The molecule has 1 heterocycles. The minimum absolute atomic E-state index is 0.112. The second-order valence-corrected chi connectivity index (χ2v) is 6.07. The van der Waals surface area contributed by atoms with E-state index in [-0.39, 0.29) is 5.91 Å². The van der Waals surface area contributed by atoms with E-state index < -0.39 is 0 Å². The number of amides is 1. The van der Waals surface area contributed by atoms with E-state index in [2.05, 4.69) is 31.1 Å². The molecule has 0 spiro atoms. The van der Waals surface area contributed by atoms with Gasteiger partial charge in [0.15, 0.2) is 5.82 Å². The largest absolute Gasteiger partial charge is 0.339 e. The number of carbonyl (C=O) groups excluding carboxylic acids is 1. The van der Waals surface area contributed by atoms with Gasteiger partial charge in [-0.25, -0.2) is 0 Å². The van der Waals surface area contributed by atoms with Crippen LogP contribution in [-0.4, -0.2) is 21.1 Å². The van der Waals surface area contributed by atoms with Gasteiger partial charge >= 0.3 is 0 Å². The number of hydrogen-bond donors (Lipinski definition) is 3. The average molecular weight is 369 g/mol. The maximum atomic E-state index is 11.1. The summed E-state index contributed by atoms with van der Waals surface area (Å²) in [5.41, 5.74) is 3.37. The predicted octanol–water partition coefficient (Wildman–Crippen LogP) is 4.28. The number of anilines is 5. The lowest BCUT2D eigenvalue weighted by atomic mass is 10.2. The molecule has 3 N–H and O–H groups in total. The molecule has 0 saturated carbocycles. The molecule has 0 aliphatic heterocycles. The molecule has 0 bridgehead atoms. The van der Waals surface area contributed by atoms with Gasteiger partial charge in [-0.05, 0) is 55.0 Å². The summed E-state index contributed by atoms with van der Waals surface area (Å²) in [4.78, 5) is 15.5. The molecule has 7 nitrogen and oxygen atoms in total. The Balaban J connectivity index is 1.72. The maximum Gasteiger partial charge on any atom is 0.249 e. The Morgan fingerprint density at radius 2 is 1.77 bits per heavy atom. The van der Waals surface area contributed by atoms with Crippen LogP contribution in [0.3, 0.4) is 0 Å². The average Bonchev–Trinajstić information content (AvgIpc) is 2.59. The van der Waals surface area contributed by atoms with E-state index in [4.69, 9.17) is 11.6 Å². The van der Waals surface area contributed by atoms with Crippen molar-refractivity contribution in [2.75, 3.05) is 16.0 Å². The van der Waals surface area contributed by atoms with Crippen molar-refractivity contribution in [1.82, 2.24) is 15.2 Å². The second-order valence-electron chi connectivity index (χ2n) is 5.63. The van der Waals surface area contributed by atoms with Crippen LogP contribution in [0.15, 0.2) is 48.7 Å². The predicted molar refractivity (Wildman–Crippen MR) is 103 cm³/mol. The highest BCUT2D eigenvalue weighted by Gasteiger charge is 2.05. The van der Waals surface area contributed by atoms with Crippen molar-refractivity contribution in [3.8, 4) is 0 Å².